The molecule has 0 bridgehead atoms. The van der Waals surface area contributed by atoms with Gasteiger partial charge in [0, 0.05) is 24.5 Å². The monoisotopic (exact) mass is 869 g/mol. The highest BCUT2D eigenvalue weighted by Crippen LogP contribution is 2.58. The maximum atomic E-state index is 5.75. The van der Waals surface area contributed by atoms with Crippen LogP contribution in [0.2, 0.25) is 0 Å². The van der Waals surface area contributed by atoms with Gasteiger partial charge in [0.2, 0.25) is 0 Å². The summed E-state index contributed by atoms with van der Waals surface area (Å²) in [7, 11) is -0.666. The van der Waals surface area contributed by atoms with Gasteiger partial charge in [-0.3, -0.25) is 9.98 Å². The van der Waals surface area contributed by atoms with Crippen molar-refractivity contribution in [2.45, 2.75) is 249 Å². The highest BCUT2D eigenvalue weighted by atomic mass is 31.1. The molecule has 6 rings (SSSR count). The summed E-state index contributed by atoms with van der Waals surface area (Å²) in [5, 5.41) is 8.53. The van der Waals surface area contributed by atoms with Crippen LogP contribution in [0.15, 0.2) is 46.4 Å². The van der Waals surface area contributed by atoms with E-state index in [9.17, 15) is 0 Å². The first-order valence-corrected chi connectivity index (χ1v) is 29.0. The van der Waals surface area contributed by atoms with Gasteiger partial charge < -0.3 is 10.6 Å². The Morgan fingerprint density at radius 1 is 0.426 bits per heavy atom. The fourth-order valence-electron chi connectivity index (χ4n) is 11.5. The first kappa shape index (κ1) is 48.7. The van der Waals surface area contributed by atoms with Crippen LogP contribution in [-0.2, 0) is 0 Å². The standard InChI is InChI=1S/C55H90N4P2/c1-40(2)48-34-24-35-49(41(3)4)52(48)58-54(60(44-26-14-9-15-27-44)45-28-16-10-17-29-45)56-38-22-13-23-39-57-55(59-53-50(42(5)6)36-25-37-51(53)43(7)8)61(46-30-18-11-19-31-46)47-32-20-12-21-33-47/h24-25,34-37,40-47H,9-23,26-33,38-39H2,1-8H3,(H,56,58)(H,57,59). The molecule has 340 valence electrons. The Morgan fingerprint density at radius 3 is 0.934 bits per heavy atom. The number of hydrogen-bond acceptors (Lipinski definition) is 2. The van der Waals surface area contributed by atoms with Crippen molar-refractivity contribution in [1.82, 2.24) is 0 Å². The van der Waals surface area contributed by atoms with Gasteiger partial charge in [0.15, 0.2) is 0 Å². The van der Waals surface area contributed by atoms with E-state index < -0.39 is 0 Å². The number of nitrogens with one attached hydrogen (secondary N) is 2. The highest BCUT2D eigenvalue weighted by molar-refractivity contribution is 7.77. The van der Waals surface area contributed by atoms with Crippen LogP contribution >= 0.6 is 15.8 Å². The molecule has 4 fully saturated rings. The maximum Gasteiger partial charge on any atom is 0.124 e. The van der Waals surface area contributed by atoms with Crippen LogP contribution in [0.1, 0.15) is 249 Å². The van der Waals surface area contributed by atoms with Crippen molar-refractivity contribution in [2.75, 3.05) is 23.7 Å². The average Bonchev–Trinajstić information content (AvgIpc) is 3.27. The average molecular weight is 869 g/mol. The van der Waals surface area contributed by atoms with Crippen LogP contribution < -0.4 is 10.6 Å². The molecule has 61 heavy (non-hydrogen) atoms. The van der Waals surface area contributed by atoms with Crippen molar-refractivity contribution in [1.29, 1.82) is 0 Å². The Labute approximate surface area is 378 Å². The Morgan fingerprint density at radius 2 is 0.689 bits per heavy atom. The molecule has 4 aliphatic rings. The molecular weight excluding hydrogens is 779 g/mol. The van der Waals surface area contributed by atoms with Gasteiger partial charge in [-0.05, 0) is 155 Å². The van der Waals surface area contributed by atoms with Gasteiger partial charge in [-0.2, -0.15) is 0 Å². The summed E-state index contributed by atoms with van der Waals surface area (Å²) < 4.78 is 0. The van der Waals surface area contributed by atoms with Crippen molar-refractivity contribution in [3.63, 3.8) is 0 Å². The smallest absolute Gasteiger partial charge is 0.124 e. The van der Waals surface area contributed by atoms with Gasteiger partial charge in [-0.25, -0.2) is 0 Å². The molecule has 4 nitrogen and oxygen atoms in total. The molecule has 4 saturated carbocycles. The Balaban J connectivity index is 1.25. The van der Waals surface area contributed by atoms with Crippen molar-refractivity contribution in [2.24, 2.45) is 9.98 Å². The van der Waals surface area contributed by atoms with Gasteiger partial charge in [-0.1, -0.05) is 169 Å². The third kappa shape index (κ3) is 13.6. The zero-order chi connectivity index (χ0) is 43.1. The fraction of sp³-hybridized carbons (Fsp3) is 0.745. The van der Waals surface area contributed by atoms with Gasteiger partial charge in [-0.15, -0.1) is 0 Å². The molecule has 2 N–H and O–H groups in total. The second-order valence-corrected chi connectivity index (χ2v) is 26.3. The molecule has 0 aliphatic heterocycles. The van der Waals surface area contributed by atoms with Crippen LogP contribution in [0.25, 0.3) is 0 Å². The summed E-state index contributed by atoms with van der Waals surface area (Å²) in [5.41, 5.74) is 14.7. The number of hydrogen-bond donors (Lipinski definition) is 2. The van der Waals surface area contributed by atoms with Crippen molar-refractivity contribution in [3.8, 4) is 0 Å². The molecule has 0 amide bonds. The quantitative estimate of drug-likeness (QED) is 0.0679. The maximum absolute atomic E-state index is 5.75. The van der Waals surface area contributed by atoms with Crippen LogP contribution in [0, 0.1) is 0 Å². The second kappa shape index (κ2) is 25.1. The van der Waals surface area contributed by atoms with Gasteiger partial charge in [0.05, 0.1) is 0 Å². The van der Waals surface area contributed by atoms with Crippen molar-refractivity contribution in [3.05, 3.63) is 58.7 Å². The van der Waals surface area contributed by atoms with Crippen LogP contribution in [0.4, 0.5) is 11.4 Å². The Hall–Kier alpha value is -1.76. The molecule has 0 atom stereocenters. The van der Waals surface area contributed by atoms with E-state index in [2.05, 4.69) is 102 Å². The predicted molar refractivity (Wildman–Crippen MR) is 276 cm³/mol. The molecule has 0 aromatic heterocycles. The molecule has 4 aliphatic carbocycles. The van der Waals surface area contributed by atoms with E-state index in [-0.39, 0.29) is 15.8 Å². The minimum Gasteiger partial charge on any atom is -0.340 e. The zero-order valence-corrected chi connectivity index (χ0v) is 42.3. The number of rotatable bonds is 18. The Bertz CT molecular complexity index is 1440. The van der Waals surface area contributed by atoms with E-state index >= 15 is 0 Å². The lowest BCUT2D eigenvalue weighted by Crippen LogP contribution is -2.29. The van der Waals surface area contributed by atoms with Crippen LogP contribution in [-0.4, -0.2) is 46.9 Å². The van der Waals surface area contributed by atoms with E-state index in [4.69, 9.17) is 9.98 Å². The lowest BCUT2D eigenvalue weighted by atomic mass is 9.93. The highest BCUT2D eigenvalue weighted by Gasteiger charge is 2.37. The number of unbranched alkanes of at least 4 members (excludes halogenated alkanes) is 2. The SMILES string of the molecule is CC(C)c1cccc(C(C)C)c1NC(=NCCCCCN=C(Nc1c(C(C)C)cccc1C(C)C)P(C1CCCCC1)C1CCCCC1)P(C1CCCCC1)C1CCCCC1. The molecule has 2 aromatic carbocycles. The molecule has 0 heterocycles. The van der Waals surface area contributed by atoms with E-state index in [1.54, 1.807) is 0 Å². The van der Waals surface area contributed by atoms with E-state index in [1.807, 2.05) is 0 Å². The van der Waals surface area contributed by atoms with Gasteiger partial charge in [0.25, 0.3) is 0 Å². The molecule has 0 radical (unpaired) electrons. The van der Waals surface area contributed by atoms with Crippen molar-refractivity contribution < 1.29 is 0 Å². The molecular formula is C55H90N4P2. The van der Waals surface area contributed by atoms with E-state index in [0.717, 1.165) is 48.6 Å². The minimum absolute atomic E-state index is 0.333. The predicted octanol–water partition coefficient (Wildman–Crippen LogP) is 17.9. The number of aliphatic imine (C=N–C) groups is 2. The summed E-state index contributed by atoms with van der Waals surface area (Å²) in [6, 6.07) is 14.1. The van der Waals surface area contributed by atoms with Crippen LogP contribution in [0.5, 0.6) is 0 Å². The van der Waals surface area contributed by atoms with E-state index in [0.29, 0.717) is 23.7 Å². The number of para-hydroxylation sites is 2. The fourth-order valence-corrected chi connectivity index (χ4v) is 18.8. The summed E-state index contributed by atoms with van der Waals surface area (Å²) in [5.74, 6) is 1.91. The number of nitrogens with zero attached hydrogens (tertiary/aromatic N) is 2. The first-order chi connectivity index (χ1) is 29.6. The summed E-state index contributed by atoms with van der Waals surface area (Å²) in [4.78, 5) is 11.5. The molecule has 2 aromatic rings. The van der Waals surface area contributed by atoms with Crippen LogP contribution in [0.3, 0.4) is 0 Å². The summed E-state index contributed by atoms with van der Waals surface area (Å²) in [6.07, 6.45) is 31.7. The lowest BCUT2D eigenvalue weighted by molar-refractivity contribution is 0.487. The zero-order valence-electron chi connectivity index (χ0n) is 40.5. The number of amidine groups is 2. The Kier molecular flexibility index (Phi) is 20.0. The third-order valence-electron chi connectivity index (χ3n) is 14.9. The number of benzene rings is 2. The van der Waals surface area contributed by atoms with Crippen molar-refractivity contribution >= 4 is 38.4 Å². The summed E-state index contributed by atoms with van der Waals surface area (Å²) >= 11 is 0. The summed E-state index contributed by atoms with van der Waals surface area (Å²) in [6.45, 7) is 20.8. The van der Waals surface area contributed by atoms with Gasteiger partial charge in [0.1, 0.15) is 11.2 Å². The lowest BCUT2D eigenvalue weighted by Gasteiger charge is -2.39. The normalized spacial score (nSPS) is 20.0. The molecule has 6 heteroatoms. The minimum atomic E-state index is -0.333. The first-order valence-electron chi connectivity index (χ1n) is 26.1. The van der Waals surface area contributed by atoms with Gasteiger partial charge >= 0.3 is 0 Å². The molecule has 0 spiro atoms. The third-order valence-corrected chi connectivity index (χ3v) is 21.6. The number of anilines is 2. The largest absolute Gasteiger partial charge is 0.340 e. The molecule has 0 unspecified atom stereocenters. The topological polar surface area (TPSA) is 48.8 Å². The second-order valence-electron chi connectivity index (χ2n) is 20.9. The van der Waals surface area contributed by atoms with E-state index in [1.165, 1.54) is 180 Å². The molecule has 0 saturated heterocycles.